The third-order valence-corrected chi connectivity index (χ3v) is 1.87. The summed E-state index contributed by atoms with van der Waals surface area (Å²) in [7, 11) is 0. The Bertz CT molecular complexity index is 380. The number of carbonyl (C=O) groups excluding carboxylic acids is 2. The zero-order valence-corrected chi connectivity index (χ0v) is 7.70. The highest BCUT2D eigenvalue weighted by Crippen LogP contribution is 2.17. The lowest BCUT2D eigenvalue weighted by molar-refractivity contribution is -0.132. The number of nitrogens with two attached hydrogens (primary N) is 1. The lowest BCUT2D eigenvalue weighted by Gasteiger charge is -2.15. The van der Waals surface area contributed by atoms with E-state index in [4.69, 9.17) is 5.73 Å². The number of primary amides is 1. The van der Waals surface area contributed by atoms with Gasteiger partial charge in [-0.1, -0.05) is 0 Å². The molecule has 0 aliphatic carbocycles. The Balaban J connectivity index is 3.04. The van der Waals surface area contributed by atoms with Crippen molar-refractivity contribution in [1.82, 2.24) is 4.98 Å². The van der Waals surface area contributed by atoms with Crippen molar-refractivity contribution in [3.8, 4) is 0 Å². The number of nitrogens with zero attached hydrogens (tertiary/aromatic N) is 1. The fourth-order valence-corrected chi connectivity index (χ4v) is 1.08. The van der Waals surface area contributed by atoms with E-state index in [2.05, 4.69) is 4.98 Å². The monoisotopic (exact) mass is 210 g/mol. The van der Waals surface area contributed by atoms with Crippen LogP contribution in [0.2, 0.25) is 0 Å². The molecule has 0 aliphatic heterocycles. The molecule has 0 spiro atoms. The zero-order chi connectivity index (χ0) is 11.4. The molecule has 80 valence electrons. The first-order valence-electron chi connectivity index (χ1n) is 4.13. The molecular weight excluding hydrogens is 200 g/mol. The van der Waals surface area contributed by atoms with Crippen LogP contribution in [-0.4, -0.2) is 33.5 Å². The lowest BCUT2D eigenvalue weighted by Crippen LogP contribution is -2.34. The van der Waals surface area contributed by atoms with Crippen LogP contribution in [0.5, 0.6) is 0 Å². The smallest absolute Gasteiger partial charge is 0.249 e. The highest BCUT2D eigenvalue weighted by Gasteiger charge is 2.26. The van der Waals surface area contributed by atoms with Gasteiger partial charge in [-0.3, -0.25) is 14.6 Å². The number of carbonyl (C=O) groups is 2. The van der Waals surface area contributed by atoms with Gasteiger partial charge in [0.25, 0.3) is 0 Å². The SMILES string of the molecule is NC(=O)C(O)C(O)c1ncccc1C=O. The van der Waals surface area contributed by atoms with Gasteiger partial charge in [-0.25, -0.2) is 0 Å². The van der Waals surface area contributed by atoms with Gasteiger partial charge in [-0.15, -0.1) is 0 Å². The van der Waals surface area contributed by atoms with Crippen LogP contribution in [0.15, 0.2) is 18.3 Å². The first kappa shape index (κ1) is 11.3. The standard InChI is InChI=1S/C9H10N2O4/c10-9(15)8(14)7(13)6-5(4-12)2-1-3-11-6/h1-4,7-8,13-14H,(H2,10,15). The molecule has 1 aromatic heterocycles. The van der Waals surface area contributed by atoms with Crippen LogP contribution in [-0.2, 0) is 4.79 Å². The number of hydrogen-bond donors (Lipinski definition) is 3. The first-order chi connectivity index (χ1) is 7.07. The van der Waals surface area contributed by atoms with Gasteiger partial charge in [0.1, 0.15) is 6.10 Å². The molecule has 0 bridgehead atoms. The van der Waals surface area contributed by atoms with Crippen LogP contribution in [0.1, 0.15) is 22.2 Å². The third-order valence-electron chi connectivity index (χ3n) is 1.87. The van der Waals surface area contributed by atoms with E-state index >= 15 is 0 Å². The number of aldehydes is 1. The maximum atomic E-state index is 10.6. The van der Waals surface area contributed by atoms with Crippen molar-refractivity contribution in [3.05, 3.63) is 29.6 Å². The highest BCUT2D eigenvalue weighted by molar-refractivity contribution is 5.81. The predicted octanol–water partition coefficient (Wildman–Crippen LogP) is -1.23. The molecule has 6 nitrogen and oxygen atoms in total. The van der Waals surface area contributed by atoms with E-state index in [0.717, 1.165) is 0 Å². The lowest BCUT2D eigenvalue weighted by atomic mass is 10.1. The summed E-state index contributed by atoms with van der Waals surface area (Å²) in [5.41, 5.74) is 4.83. The van der Waals surface area contributed by atoms with Crippen LogP contribution in [0, 0.1) is 0 Å². The summed E-state index contributed by atoms with van der Waals surface area (Å²) in [6.45, 7) is 0. The summed E-state index contributed by atoms with van der Waals surface area (Å²) in [6.07, 6.45) is -1.57. The van der Waals surface area contributed by atoms with Gasteiger partial charge in [-0.2, -0.15) is 0 Å². The van der Waals surface area contributed by atoms with Crippen LogP contribution < -0.4 is 5.73 Å². The van der Waals surface area contributed by atoms with E-state index in [0.29, 0.717) is 6.29 Å². The largest absolute Gasteiger partial charge is 0.383 e. The van der Waals surface area contributed by atoms with Crippen molar-refractivity contribution in [1.29, 1.82) is 0 Å². The Morgan fingerprint density at radius 1 is 1.53 bits per heavy atom. The maximum absolute atomic E-state index is 10.6. The average molecular weight is 210 g/mol. The van der Waals surface area contributed by atoms with Crippen molar-refractivity contribution in [2.75, 3.05) is 0 Å². The summed E-state index contributed by atoms with van der Waals surface area (Å²) in [6, 6.07) is 2.91. The van der Waals surface area contributed by atoms with E-state index in [-0.39, 0.29) is 11.3 Å². The first-order valence-corrected chi connectivity index (χ1v) is 4.13. The summed E-state index contributed by atoms with van der Waals surface area (Å²) in [4.78, 5) is 24.9. The van der Waals surface area contributed by atoms with Gasteiger partial charge >= 0.3 is 0 Å². The molecule has 0 fully saturated rings. The number of aromatic nitrogens is 1. The molecule has 1 heterocycles. The molecule has 0 aromatic carbocycles. The molecule has 15 heavy (non-hydrogen) atoms. The maximum Gasteiger partial charge on any atom is 0.249 e. The quantitative estimate of drug-likeness (QED) is 0.538. The minimum atomic E-state index is -1.78. The summed E-state index contributed by atoms with van der Waals surface area (Å²) in [5, 5.41) is 18.7. The van der Waals surface area contributed by atoms with Crippen LogP contribution in [0.25, 0.3) is 0 Å². The summed E-state index contributed by atoms with van der Waals surface area (Å²) < 4.78 is 0. The zero-order valence-electron chi connectivity index (χ0n) is 7.70. The minimum Gasteiger partial charge on any atom is -0.383 e. The molecule has 0 saturated carbocycles. The number of amides is 1. The van der Waals surface area contributed by atoms with E-state index in [1.165, 1.54) is 18.3 Å². The topological polar surface area (TPSA) is 114 Å². The summed E-state index contributed by atoms with van der Waals surface area (Å²) >= 11 is 0. The van der Waals surface area contributed by atoms with Crippen molar-refractivity contribution in [2.24, 2.45) is 5.73 Å². The van der Waals surface area contributed by atoms with E-state index in [1.54, 1.807) is 0 Å². The van der Waals surface area contributed by atoms with Crippen LogP contribution in [0.3, 0.4) is 0 Å². The molecule has 6 heteroatoms. The van der Waals surface area contributed by atoms with Crippen molar-refractivity contribution < 1.29 is 19.8 Å². The number of hydrogen-bond acceptors (Lipinski definition) is 5. The molecule has 1 amide bonds. The number of rotatable bonds is 4. The molecule has 0 saturated heterocycles. The van der Waals surface area contributed by atoms with Crippen LogP contribution in [0.4, 0.5) is 0 Å². The molecular formula is C9H10N2O4. The Kier molecular flexibility index (Phi) is 3.48. The number of pyridine rings is 1. The molecule has 0 radical (unpaired) electrons. The van der Waals surface area contributed by atoms with Gasteiger partial charge in [0, 0.05) is 11.8 Å². The second kappa shape index (κ2) is 4.63. The second-order valence-electron chi connectivity index (χ2n) is 2.89. The molecule has 1 rings (SSSR count). The minimum absolute atomic E-state index is 0.0706. The Labute approximate surface area is 85.4 Å². The van der Waals surface area contributed by atoms with Crippen molar-refractivity contribution in [3.63, 3.8) is 0 Å². The van der Waals surface area contributed by atoms with E-state index in [1.807, 2.05) is 0 Å². The van der Waals surface area contributed by atoms with Crippen molar-refractivity contribution in [2.45, 2.75) is 12.2 Å². The van der Waals surface area contributed by atoms with Crippen molar-refractivity contribution >= 4 is 12.2 Å². The highest BCUT2D eigenvalue weighted by atomic mass is 16.3. The Hall–Kier alpha value is -1.79. The van der Waals surface area contributed by atoms with Gasteiger partial charge in [0.2, 0.25) is 5.91 Å². The number of aliphatic hydroxyl groups excluding tert-OH is 2. The predicted molar refractivity (Wildman–Crippen MR) is 49.8 cm³/mol. The van der Waals surface area contributed by atoms with Gasteiger partial charge in [0.15, 0.2) is 12.4 Å². The molecule has 0 aliphatic rings. The molecule has 2 unspecified atom stereocenters. The average Bonchev–Trinajstić information content (AvgIpc) is 2.26. The third kappa shape index (κ3) is 2.36. The van der Waals surface area contributed by atoms with Gasteiger partial charge in [-0.05, 0) is 12.1 Å². The molecule has 2 atom stereocenters. The fourth-order valence-electron chi connectivity index (χ4n) is 1.08. The second-order valence-corrected chi connectivity index (χ2v) is 2.89. The number of aliphatic hydroxyl groups is 2. The summed E-state index contributed by atoms with van der Waals surface area (Å²) in [5.74, 6) is -1.08. The van der Waals surface area contributed by atoms with E-state index < -0.39 is 18.1 Å². The Morgan fingerprint density at radius 2 is 2.20 bits per heavy atom. The Morgan fingerprint density at radius 3 is 2.73 bits per heavy atom. The van der Waals surface area contributed by atoms with Crippen LogP contribution >= 0.6 is 0 Å². The molecule has 4 N–H and O–H groups in total. The van der Waals surface area contributed by atoms with Gasteiger partial charge < -0.3 is 15.9 Å². The van der Waals surface area contributed by atoms with Gasteiger partial charge in [0.05, 0.1) is 5.69 Å². The fraction of sp³-hybridized carbons (Fsp3) is 0.222. The molecule has 1 aromatic rings. The normalized spacial score (nSPS) is 14.3. The van der Waals surface area contributed by atoms with E-state index in [9.17, 15) is 19.8 Å².